The Morgan fingerprint density at radius 2 is 2.32 bits per heavy atom. The summed E-state index contributed by atoms with van der Waals surface area (Å²) in [4.78, 5) is 14.0. The summed E-state index contributed by atoms with van der Waals surface area (Å²) in [5, 5.41) is 0. The molecule has 1 heterocycles. The van der Waals surface area contributed by atoms with Crippen LogP contribution < -0.4 is 5.73 Å². The summed E-state index contributed by atoms with van der Waals surface area (Å²) in [6.45, 7) is 4.59. The quantitative estimate of drug-likeness (QED) is 0.847. The van der Waals surface area contributed by atoms with Gasteiger partial charge in [0.2, 0.25) is 0 Å². The van der Waals surface area contributed by atoms with Gasteiger partial charge in [0, 0.05) is 36.9 Å². The lowest BCUT2D eigenvalue weighted by Gasteiger charge is -2.24. The van der Waals surface area contributed by atoms with Gasteiger partial charge < -0.3 is 15.4 Å². The van der Waals surface area contributed by atoms with Crippen LogP contribution in [0.5, 0.6) is 0 Å². The highest BCUT2D eigenvalue weighted by Gasteiger charge is 2.22. The van der Waals surface area contributed by atoms with Crippen molar-refractivity contribution in [2.24, 2.45) is 5.92 Å². The third-order valence-corrected chi connectivity index (χ3v) is 3.34. The molecular weight excluding hydrogens is 247 g/mol. The zero-order valence-corrected chi connectivity index (χ0v) is 11.1. The Bertz CT molecular complexity index is 439. The van der Waals surface area contributed by atoms with Crippen molar-refractivity contribution in [3.63, 3.8) is 0 Å². The molecule has 1 aromatic carbocycles. The first-order valence-corrected chi connectivity index (χ1v) is 6.53. The molecule has 0 aliphatic carbocycles. The third-order valence-electron chi connectivity index (χ3n) is 3.34. The number of nitrogens with two attached hydrogens (primary N) is 1. The lowest BCUT2D eigenvalue weighted by molar-refractivity contribution is 0.0730. The number of hydrogen-bond donors (Lipinski definition) is 1. The molecule has 4 nitrogen and oxygen atoms in total. The summed E-state index contributed by atoms with van der Waals surface area (Å²) in [7, 11) is 0. The minimum Gasteiger partial charge on any atom is -0.399 e. The molecule has 1 unspecified atom stereocenters. The zero-order valence-electron chi connectivity index (χ0n) is 11.1. The largest absolute Gasteiger partial charge is 0.399 e. The average molecular weight is 266 g/mol. The van der Waals surface area contributed by atoms with Crippen LogP contribution in [0.3, 0.4) is 0 Å². The molecule has 1 saturated heterocycles. The van der Waals surface area contributed by atoms with Crippen molar-refractivity contribution >= 4 is 11.6 Å². The maximum atomic E-state index is 13.3. The molecule has 1 amide bonds. The lowest BCUT2D eigenvalue weighted by Crippen LogP contribution is -2.35. The number of benzene rings is 1. The van der Waals surface area contributed by atoms with Gasteiger partial charge in [0.1, 0.15) is 5.82 Å². The van der Waals surface area contributed by atoms with Crippen molar-refractivity contribution in [1.29, 1.82) is 0 Å². The van der Waals surface area contributed by atoms with E-state index < -0.39 is 5.82 Å². The van der Waals surface area contributed by atoms with Crippen LogP contribution in [0.15, 0.2) is 18.2 Å². The van der Waals surface area contributed by atoms with Crippen LogP contribution in [-0.2, 0) is 4.74 Å². The number of carbonyl (C=O) groups excluding carboxylic acids is 1. The first kappa shape index (κ1) is 13.8. The number of halogens is 1. The van der Waals surface area contributed by atoms with E-state index in [0.717, 1.165) is 13.0 Å². The molecule has 2 N–H and O–H groups in total. The van der Waals surface area contributed by atoms with Crippen LogP contribution in [-0.4, -0.2) is 37.1 Å². The third kappa shape index (κ3) is 3.44. The number of amides is 1. The van der Waals surface area contributed by atoms with E-state index in [4.69, 9.17) is 10.5 Å². The number of carbonyl (C=O) groups is 1. The minimum absolute atomic E-state index is 0.180. The first-order valence-electron chi connectivity index (χ1n) is 6.53. The van der Waals surface area contributed by atoms with Crippen molar-refractivity contribution in [1.82, 2.24) is 4.90 Å². The monoisotopic (exact) mass is 266 g/mol. The van der Waals surface area contributed by atoms with Gasteiger partial charge in [-0.3, -0.25) is 4.79 Å². The maximum Gasteiger partial charge on any atom is 0.254 e. The second-order valence-corrected chi connectivity index (χ2v) is 4.85. The van der Waals surface area contributed by atoms with Gasteiger partial charge in [0.25, 0.3) is 5.91 Å². The van der Waals surface area contributed by atoms with Crippen LogP contribution in [0.2, 0.25) is 0 Å². The molecule has 2 rings (SSSR count). The Hall–Kier alpha value is -1.62. The summed E-state index contributed by atoms with van der Waals surface area (Å²) in [6, 6.07) is 3.95. The van der Waals surface area contributed by atoms with Crippen molar-refractivity contribution in [3.8, 4) is 0 Å². The van der Waals surface area contributed by atoms with Crippen LogP contribution >= 0.6 is 0 Å². The summed E-state index contributed by atoms with van der Waals surface area (Å²) in [6.07, 6.45) is 0.967. The van der Waals surface area contributed by atoms with Gasteiger partial charge in [-0.05, 0) is 31.5 Å². The van der Waals surface area contributed by atoms with Crippen LogP contribution in [0.25, 0.3) is 0 Å². The van der Waals surface area contributed by atoms with Crippen LogP contribution in [0.1, 0.15) is 23.7 Å². The Morgan fingerprint density at radius 3 is 2.89 bits per heavy atom. The molecule has 1 aliphatic rings. The van der Waals surface area contributed by atoms with Gasteiger partial charge in [0.15, 0.2) is 0 Å². The molecule has 104 valence electrons. The highest BCUT2D eigenvalue weighted by molar-refractivity contribution is 5.95. The Labute approximate surface area is 112 Å². The topological polar surface area (TPSA) is 55.6 Å². The molecule has 1 aromatic rings. The van der Waals surface area contributed by atoms with E-state index >= 15 is 0 Å². The summed E-state index contributed by atoms with van der Waals surface area (Å²) in [5.74, 6) is -0.293. The fraction of sp³-hybridized carbons (Fsp3) is 0.500. The van der Waals surface area contributed by atoms with E-state index in [1.54, 1.807) is 4.90 Å². The summed E-state index contributed by atoms with van der Waals surface area (Å²) >= 11 is 0. The van der Waals surface area contributed by atoms with E-state index in [9.17, 15) is 9.18 Å². The molecule has 19 heavy (non-hydrogen) atoms. The predicted octanol–water partition coefficient (Wildman–Crippen LogP) is 1.91. The summed E-state index contributed by atoms with van der Waals surface area (Å²) in [5.41, 5.74) is 6.14. The van der Waals surface area contributed by atoms with E-state index in [0.29, 0.717) is 31.2 Å². The highest BCUT2D eigenvalue weighted by Crippen LogP contribution is 2.17. The lowest BCUT2D eigenvalue weighted by atomic mass is 10.1. The molecule has 0 aromatic heterocycles. The highest BCUT2D eigenvalue weighted by atomic mass is 19.1. The number of rotatable bonds is 4. The molecule has 0 radical (unpaired) electrons. The number of hydrogen-bond acceptors (Lipinski definition) is 3. The Kier molecular flexibility index (Phi) is 4.37. The first-order chi connectivity index (χ1) is 9.10. The van der Waals surface area contributed by atoms with E-state index in [1.165, 1.54) is 18.2 Å². The molecule has 1 fully saturated rings. The van der Waals surface area contributed by atoms with Gasteiger partial charge in [-0.15, -0.1) is 0 Å². The van der Waals surface area contributed by atoms with Crippen LogP contribution in [0.4, 0.5) is 10.1 Å². The summed E-state index contributed by atoms with van der Waals surface area (Å²) < 4.78 is 18.6. The van der Waals surface area contributed by atoms with Crippen molar-refractivity contribution in [2.45, 2.75) is 13.3 Å². The molecular formula is C14H19FN2O2. The Morgan fingerprint density at radius 1 is 1.53 bits per heavy atom. The van der Waals surface area contributed by atoms with Crippen molar-refractivity contribution in [3.05, 3.63) is 29.6 Å². The zero-order chi connectivity index (χ0) is 13.8. The number of ether oxygens (including phenoxy) is 1. The average Bonchev–Trinajstić information content (AvgIpc) is 2.86. The molecule has 0 saturated carbocycles. The van der Waals surface area contributed by atoms with E-state index in [1.807, 2.05) is 6.92 Å². The van der Waals surface area contributed by atoms with Gasteiger partial charge >= 0.3 is 0 Å². The molecule has 1 atom stereocenters. The normalized spacial score (nSPS) is 18.5. The molecule has 5 heteroatoms. The smallest absolute Gasteiger partial charge is 0.254 e. The maximum absolute atomic E-state index is 13.3. The van der Waals surface area contributed by atoms with Gasteiger partial charge in [0.05, 0.1) is 6.61 Å². The second kappa shape index (κ2) is 6.02. The predicted molar refractivity (Wildman–Crippen MR) is 71.3 cm³/mol. The minimum atomic E-state index is -0.483. The Balaban J connectivity index is 2.10. The number of anilines is 1. The standard InChI is InChI=1S/C14H19FN2O2/c1-2-17(8-10-3-4-19-9-10)14(18)11-5-12(15)7-13(16)6-11/h5-7,10H,2-4,8-9,16H2,1H3. The van der Waals surface area contributed by atoms with Crippen molar-refractivity contribution < 1.29 is 13.9 Å². The van der Waals surface area contributed by atoms with Gasteiger partial charge in [-0.2, -0.15) is 0 Å². The van der Waals surface area contributed by atoms with E-state index in [2.05, 4.69) is 0 Å². The second-order valence-electron chi connectivity index (χ2n) is 4.85. The van der Waals surface area contributed by atoms with Gasteiger partial charge in [-0.25, -0.2) is 4.39 Å². The number of nitrogen functional groups attached to an aromatic ring is 1. The van der Waals surface area contributed by atoms with Crippen LogP contribution in [0, 0.1) is 11.7 Å². The van der Waals surface area contributed by atoms with Gasteiger partial charge in [-0.1, -0.05) is 0 Å². The van der Waals surface area contributed by atoms with E-state index in [-0.39, 0.29) is 11.6 Å². The molecule has 0 spiro atoms. The number of nitrogens with zero attached hydrogens (tertiary/aromatic N) is 1. The fourth-order valence-electron chi connectivity index (χ4n) is 2.31. The fourth-order valence-corrected chi connectivity index (χ4v) is 2.31. The molecule has 0 bridgehead atoms. The SMILES string of the molecule is CCN(CC1CCOC1)C(=O)c1cc(N)cc(F)c1. The van der Waals surface area contributed by atoms with Crippen molar-refractivity contribution in [2.75, 3.05) is 32.0 Å². The molecule has 1 aliphatic heterocycles.